The first-order chi connectivity index (χ1) is 14.5. The molecule has 0 atom stereocenters. The lowest BCUT2D eigenvalue weighted by Gasteiger charge is -2.14. The largest absolute Gasteiger partial charge is 0.454 e. The topological polar surface area (TPSA) is 66.5 Å². The minimum Gasteiger partial charge on any atom is -0.454 e. The molecule has 2 heterocycles. The summed E-state index contributed by atoms with van der Waals surface area (Å²) in [6.45, 7) is 7.13. The van der Waals surface area contributed by atoms with Gasteiger partial charge in [0.1, 0.15) is 0 Å². The fourth-order valence-corrected chi connectivity index (χ4v) is 4.17. The summed E-state index contributed by atoms with van der Waals surface area (Å²) < 4.78 is 13.2. The number of benzene rings is 2. The summed E-state index contributed by atoms with van der Waals surface area (Å²) in [4.78, 5) is 12.5. The molecule has 1 aliphatic rings. The normalized spacial score (nSPS) is 12.4. The lowest BCUT2D eigenvalue weighted by Crippen LogP contribution is -2.13. The van der Waals surface area contributed by atoms with Crippen molar-refractivity contribution in [3.63, 3.8) is 0 Å². The molecule has 0 fully saturated rings. The molecule has 1 aliphatic heterocycles. The number of nitrogens with zero attached hydrogens (tertiary/aromatic N) is 1. The van der Waals surface area contributed by atoms with Gasteiger partial charge in [-0.3, -0.25) is 4.79 Å². The molecule has 1 aromatic heterocycles. The number of ether oxygens (including phenoxy) is 2. The number of aryl methyl sites for hydroxylation is 1. The molecule has 3 aromatic rings. The second kappa shape index (κ2) is 8.27. The highest BCUT2D eigenvalue weighted by atomic mass is 16.7. The molecule has 0 spiro atoms. The molecule has 30 heavy (non-hydrogen) atoms. The highest BCUT2D eigenvalue weighted by Gasteiger charge is 2.25. The van der Waals surface area contributed by atoms with Gasteiger partial charge in [-0.1, -0.05) is 49.2 Å². The SMILES string of the molecule is CCCCc1c(-c2ccc(C)cc2)c(C(N)=O)c(C)n1Cc1ccc2c(c1)OCO2. The number of primary amides is 1. The van der Waals surface area contributed by atoms with E-state index in [4.69, 9.17) is 15.2 Å². The number of aromatic nitrogens is 1. The highest BCUT2D eigenvalue weighted by Crippen LogP contribution is 2.36. The third-order valence-corrected chi connectivity index (χ3v) is 5.76. The predicted molar refractivity (Wildman–Crippen MR) is 118 cm³/mol. The van der Waals surface area contributed by atoms with E-state index in [9.17, 15) is 4.79 Å². The van der Waals surface area contributed by atoms with Crippen LogP contribution in [-0.4, -0.2) is 17.3 Å². The van der Waals surface area contributed by atoms with Gasteiger partial charge in [0.15, 0.2) is 11.5 Å². The van der Waals surface area contributed by atoms with Crippen LogP contribution in [0.2, 0.25) is 0 Å². The molecule has 156 valence electrons. The number of carbonyl (C=O) groups excluding carboxylic acids is 1. The minimum absolute atomic E-state index is 0.256. The first kappa shape index (κ1) is 20.1. The van der Waals surface area contributed by atoms with E-state index in [1.807, 2.05) is 25.1 Å². The molecule has 4 rings (SSSR count). The zero-order valence-electron chi connectivity index (χ0n) is 17.8. The number of rotatable bonds is 7. The Bertz CT molecular complexity index is 1080. The summed E-state index contributed by atoms with van der Waals surface area (Å²) in [6, 6.07) is 14.3. The van der Waals surface area contributed by atoms with Crippen molar-refractivity contribution in [2.45, 2.75) is 46.6 Å². The van der Waals surface area contributed by atoms with E-state index in [1.165, 1.54) is 5.56 Å². The second-order valence-corrected chi connectivity index (χ2v) is 7.89. The zero-order chi connectivity index (χ0) is 21.3. The van der Waals surface area contributed by atoms with Crippen LogP contribution in [0.5, 0.6) is 11.5 Å². The van der Waals surface area contributed by atoms with Crippen LogP contribution in [0.3, 0.4) is 0 Å². The summed E-state index contributed by atoms with van der Waals surface area (Å²) in [5.74, 6) is 1.15. The van der Waals surface area contributed by atoms with Crippen molar-refractivity contribution in [2.75, 3.05) is 6.79 Å². The number of hydrogen-bond donors (Lipinski definition) is 1. The first-order valence-corrected chi connectivity index (χ1v) is 10.5. The van der Waals surface area contributed by atoms with Crippen LogP contribution in [0.15, 0.2) is 42.5 Å². The van der Waals surface area contributed by atoms with Gasteiger partial charge in [-0.05, 0) is 49.9 Å². The van der Waals surface area contributed by atoms with Crippen molar-refractivity contribution in [1.29, 1.82) is 0 Å². The van der Waals surface area contributed by atoms with Crippen molar-refractivity contribution in [1.82, 2.24) is 4.57 Å². The van der Waals surface area contributed by atoms with E-state index in [1.54, 1.807) is 0 Å². The van der Waals surface area contributed by atoms with E-state index < -0.39 is 0 Å². The Balaban J connectivity index is 1.85. The van der Waals surface area contributed by atoms with Crippen LogP contribution in [-0.2, 0) is 13.0 Å². The van der Waals surface area contributed by atoms with E-state index in [0.29, 0.717) is 12.1 Å². The van der Waals surface area contributed by atoms with Crippen molar-refractivity contribution in [2.24, 2.45) is 5.73 Å². The molecule has 2 N–H and O–H groups in total. The Morgan fingerprint density at radius 1 is 1.07 bits per heavy atom. The Kier molecular flexibility index (Phi) is 5.53. The third kappa shape index (κ3) is 3.67. The first-order valence-electron chi connectivity index (χ1n) is 10.5. The smallest absolute Gasteiger partial charge is 0.251 e. The molecule has 2 aromatic carbocycles. The summed E-state index contributed by atoms with van der Waals surface area (Å²) in [5.41, 5.74) is 12.8. The average Bonchev–Trinajstić information content (AvgIpc) is 3.30. The Labute approximate surface area is 177 Å². The zero-order valence-corrected chi connectivity index (χ0v) is 17.8. The molecule has 0 saturated carbocycles. The molecule has 1 amide bonds. The van der Waals surface area contributed by atoms with E-state index in [2.05, 4.69) is 42.7 Å². The van der Waals surface area contributed by atoms with Crippen LogP contribution >= 0.6 is 0 Å². The van der Waals surface area contributed by atoms with Gasteiger partial charge in [0.2, 0.25) is 6.79 Å². The monoisotopic (exact) mass is 404 g/mol. The number of fused-ring (bicyclic) bond motifs is 1. The molecule has 5 heteroatoms. The van der Waals surface area contributed by atoms with Gasteiger partial charge in [0, 0.05) is 23.5 Å². The fraction of sp³-hybridized carbons (Fsp3) is 0.320. The predicted octanol–water partition coefficient (Wildman–Crippen LogP) is 4.99. The lowest BCUT2D eigenvalue weighted by molar-refractivity contribution is 0.1000. The molecular weight excluding hydrogens is 376 g/mol. The van der Waals surface area contributed by atoms with Crippen LogP contribution < -0.4 is 15.2 Å². The van der Waals surface area contributed by atoms with Gasteiger partial charge >= 0.3 is 0 Å². The van der Waals surface area contributed by atoms with Gasteiger partial charge in [0.25, 0.3) is 5.91 Å². The fourth-order valence-electron chi connectivity index (χ4n) is 4.17. The summed E-state index contributed by atoms with van der Waals surface area (Å²) in [5, 5.41) is 0. The maximum absolute atomic E-state index is 12.5. The summed E-state index contributed by atoms with van der Waals surface area (Å²) in [7, 11) is 0. The molecule has 0 bridgehead atoms. The van der Waals surface area contributed by atoms with Crippen LogP contribution in [0.4, 0.5) is 0 Å². The molecule has 0 aliphatic carbocycles. The van der Waals surface area contributed by atoms with Crippen LogP contribution in [0.25, 0.3) is 11.1 Å². The number of amides is 1. The molecule has 0 radical (unpaired) electrons. The molecule has 0 saturated heterocycles. The van der Waals surface area contributed by atoms with Crippen molar-refractivity contribution in [3.8, 4) is 22.6 Å². The van der Waals surface area contributed by atoms with Gasteiger partial charge < -0.3 is 19.8 Å². The van der Waals surface area contributed by atoms with Crippen LogP contribution in [0, 0.1) is 13.8 Å². The maximum atomic E-state index is 12.5. The molecular formula is C25H28N2O3. The summed E-state index contributed by atoms with van der Waals surface area (Å²) in [6.07, 6.45) is 3.01. The quantitative estimate of drug-likeness (QED) is 0.603. The van der Waals surface area contributed by atoms with Crippen molar-refractivity contribution in [3.05, 3.63) is 70.5 Å². The van der Waals surface area contributed by atoms with Crippen molar-refractivity contribution < 1.29 is 14.3 Å². The minimum atomic E-state index is -0.384. The number of hydrogen-bond acceptors (Lipinski definition) is 3. The van der Waals surface area contributed by atoms with Gasteiger partial charge in [0.05, 0.1) is 5.56 Å². The van der Waals surface area contributed by atoms with Gasteiger partial charge in [-0.2, -0.15) is 0 Å². The van der Waals surface area contributed by atoms with Crippen molar-refractivity contribution >= 4 is 5.91 Å². The van der Waals surface area contributed by atoms with Gasteiger partial charge in [-0.25, -0.2) is 0 Å². The highest BCUT2D eigenvalue weighted by molar-refractivity contribution is 6.02. The summed E-state index contributed by atoms with van der Waals surface area (Å²) >= 11 is 0. The Morgan fingerprint density at radius 2 is 1.80 bits per heavy atom. The number of nitrogens with two attached hydrogens (primary N) is 1. The van der Waals surface area contributed by atoms with Crippen LogP contribution in [0.1, 0.15) is 52.6 Å². The van der Waals surface area contributed by atoms with E-state index >= 15 is 0 Å². The van der Waals surface area contributed by atoms with E-state index in [-0.39, 0.29) is 12.7 Å². The molecule has 0 unspecified atom stereocenters. The third-order valence-electron chi connectivity index (χ3n) is 5.76. The number of unbranched alkanes of at least 4 members (excludes halogenated alkanes) is 1. The molecule has 5 nitrogen and oxygen atoms in total. The number of carbonyl (C=O) groups is 1. The Hall–Kier alpha value is -3.21. The average molecular weight is 405 g/mol. The van der Waals surface area contributed by atoms with Gasteiger partial charge in [-0.15, -0.1) is 0 Å². The second-order valence-electron chi connectivity index (χ2n) is 7.89. The maximum Gasteiger partial charge on any atom is 0.251 e. The van der Waals surface area contributed by atoms with E-state index in [0.717, 1.165) is 58.8 Å². The lowest BCUT2D eigenvalue weighted by atomic mass is 9.97. The Morgan fingerprint density at radius 3 is 2.50 bits per heavy atom. The standard InChI is InChI=1S/C25H28N2O3/c1-4-5-6-20-24(19-10-7-16(2)8-11-19)23(25(26)28)17(3)27(20)14-18-9-12-21-22(13-18)30-15-29-21/h7-13H,4-6,14-15H2,1-3H3,(H2,26,28).